The SMILES string of the molecule is CC(O)C1=NS(=O)(=O)c2cc(C(=O)Nc3cc(F)c(F)c(F)c3)ccc2N1. The highest BCUT2D eigenvalue weighted by Crippen LogP contribution is 2.29. The van der Waals surface area contributed by atoms with Crippen LogP contribution >= 0.6 is 0 Å². The van der Waals surface area contributed by atoms with E-state index in [-0.39, 0.29) is 27.7 Å². The van der Waals surface area contributed by atoms with Crippen molar-refractivity contribution in [3.05, 3.63) is 53.3 Å². The van der Waals surface area contributed by atoms with Gasteiger partial charge in [-0.05, 0) is 25.1 Å². The lowest BCUT2D eigenvalue weighted by Gasteiger charge is -2.20. The van der Waals surface area contributed by atoms with Crippen LogP contribution in [0.2, 0.25) is 0 Å². The van der Waals surface area contributed by atoms with E-state index < -0.39 is 39.5 Å². The zero-order valence-electron chi connectivity index (χ0n) is 13.6. The molecule has 2 aromatic rings. The minimum Gasteiger partial charge on any atom is -0.385 e. The number of carbonyl (C=O) groups is 1. The lowest BCUT2D eigenvalue weighted by molar-refractivity contribution is 0.102. The van der Waals surface area contributed by atoms with E-state index in [1.807, 2.05) is 0 Å². The fraction of sp³-hybridized carbons (Fsp3) is 0.125. The first-order valence-electron chi connectivity index (χ1n) is 7.48. The maximum absolute atomic E-state index is 13.2. The third-order valence-electron chi connectivity index (χ3n) is 3.64. The summed E-state index contributed by atoms with van der Waals surface area (Å²) in [5, 5.41) is 14.3. The Hall–Kier alpha value is -2.92. The van der Waals surface area contributed by atoms with Crippen molar-refractivity contribution < 1.29 is 31.5 Å². The first kappa shape index (κ1) is 18.9. The third-order valence-corrected chi connectivity index (χ3v) is 4.97. The molecule has 27 heavy (non-hydrogen) atoms. The van der Waals surface area contributed by atoms with E-state index in [1.165, 1.54) is 19.1 Å². The van der Waals surface area contributed by atoms with Crippen LogP contribution in [0.25, 0.3) is 0 Å². The van der Waals surface area contributed by atoms with Crippen molar-refractivity contribution in [2.45, 2.75) is 17.9 Å². The average Bonchev–Trinajstić information content (AvgIpc) is 2.58. The minimum absolute atomic E-state index is 0.108. The second-order valence-corrected chi connectivity index (χ2v) is 7.24. The highest BCUT2D eigenvalue weighted by molar-refractivity contribution is 7.90. The van der Waals surface area contributed by atoms with Gasteiger partial charge in [-0.15, -0.1) is 4.40 Å². The molecule has 0 spiro atoms. The number of amides is 1. The number of carbonyl (C=O) groups excluding carboxylic acids is 1. The third kappa shape index (κ3) is 3.64. The van der Waals surface area contributed by atoms with E-state index >= 15 is 0 Å². The number of amidine groups is 1. The Bertz CT molecular complexity index is 1060. The molecular formula is C16H12F3N3O4S. The maximum Gasteiger partial charge on any atom is 0.286 e. The summed E-state index contributed by atoms with van der Waals surface area (Å²) in [5.74, 6) is -5.68. The van der Waals surface area contributed by atoms with Crippen LogP contribution in [0.4, 0.5) is 24.5 Å². The maximum atomic E-state index is 13.2. The van der Waals surface area contributed by atoms with Crippen molar-refractivity contribution in [1.29, 1.82) is 0 Å². The van der Waals surface area contributed by atoms with Gasteiger partial charge in [-0.2, -0.15) is 8.42 Å². The quantitative estimate of drug-likeness (QED) is 0.686. The summed E-state index contributed by atoms with van der Waals surface area (Å²) < 4.78 is 67.3. The van der Waals surface area contributed by atoms with Gasteiger partial charge in [0.1, 0.15) is 16.8 Å². The standard InChI is InChI=1S/C16H12F3N3O4S/c1-7(23)15-21-12-3-2-8(4-13(12)27(25,26)22-15)16(24)20-9-5-10(17)14(19)11(18)6-9/h2-7,23H,1H3,(H,20,24)(H,21,22). The number of hydrogen-bond acceptors (Lipinski definition) is 5. The van der Waals surface area contributed by atoms with Gasteiger partial charge in [-0.25, -0.2) is 13.2 Å². The van der Waals surface area contributed by atoms with Gasteiger partial charge in [-0.3, -0.25) is 4.79 Å². The topological polar surface area (TPSA) is 108 Å². The van der Waals surface area contributed by atoms with E-state index in [2.05, 4.69) is 15.0 Å². The van der Waals surface area contributed by atoms with Crippen molar-refractivity contribution in [3.8, 4) is 0 Å². The molecule has 11 heteroatoms. The Kier molecular flexibility index (Phi) is 4.66. The first-order chi connectivity index (χ1) is 12.6. The van der Waals surface area contributed by atoms with E-state index in [9.17, 15) is 31.5 Å². The first-order valence-corrected chi connectivity index (χ1v) is 8.92. The van der Waals surface area contributed by atoms with Crippen molar-refractivity contribution in [2.75, 3.05) is 10.6 Å². The van der Waals surface area contributed by atoms with Gasteiger partial charge in [0.15, 0.2) is 17.5 Å². The Labute approximate surface area is 151 Å². The molecule has 2 aromatic carbocycles. The van der Waals surface area contributed by atoms with Gasteiger partial charge in [-0.1, -0.05) is 0 Å². The van der Waals surface area contributed by atoms with Gasteiger partial charge in [0.05, 0.1) is 5.69 Å². The summed E-state index contributed by atoms with van der Waals surface area (Å²) in [6.07, 6.45) is -1.15. The molecule has 0 radical (unpaired) electrons. The molecule has 1 aliphatic heterocycles. The van der Waals surface area contributed by atoms with Crippen molar-refractivity contribution >= 4 is 33.1 Å². The van der Waals surface area contributed by atoms with Crippen LogP contribution < -0.4 is 10.6 Å². The second-order valence-electron chi connectivity index (χ2n) is 5.67. The largest absolute Gasteiger partial charge is 0.385 e. The molecule has 7 nitrogen and oxygen atoms in total. The molecule has 1 aliphatic rings. The number of nitrogens with one attached hydrogen (secondary N) is 2. The molecule has 3 rings (SSSR count). The molecule has 1 amide bonds. The molecule has 0 aromatic heterocycles. The zero-order valence-corrected chi connectivity index (χ0v) is 14.4. The molecule has 0 aliphatic carbocycles. The fourth-order valence-electron chi connectivity index (χ4n) is 2.33. The van der Waals surface area contributed by atoms with Gasteiger partial charge >= 0.3 is 0 Å². The summed E-state index contributed by atoms with van der Waals surface area (Å²) in [7, 11) is -4.17. The Morgan fingerprint density at radius 3 is 2.41 bits per heavy atom. The lowest BCUT2D eigenvalue weighted by atomic mass is 10.1. The van der Waals surface area contributed by atoms with E-state index in [4.69, 9.17) is 0 Å². The number of aliphatic hydroxyl groups is 1. The predicted octanol–water partition coefficient (Wildman–Crippen LogP) is 2.25. The van der Waals surface area contributed by atoms with Crippen molar-refractivity contribution in [1.82, 2.24) is 0 Å². The van der Waals surface area contributed by atoms with Crippen LogP contribution in [0.1, 0.15) is 17.3 Å². The molecule has 0 bridgehead atoms. The predicted molar refractivity (Wildman–Crippen MR) is 90.6 cm³/mol. The van der Waals surface area contributed by atoms with Crippen LogP contribution in [0.5, 0.6) is 0 Å². The molecule has 0 fully saturated rings. The summed E-state index contributed by atoms with van der Waals surface area (Å²) in [4.78, 5) is 11.9. The molecule has 0 saturated heterocycles. The molecule has 142 valence electrons. The van der Waals surface area contributed by atoms with Gasteiger partial charge in [0.25, 0.3) is 15.9 Å². The van der Waals surface area contributed by atoms with Crippen LogP contribution in [0.3, 0.4) is 0 Å². The van der Waals surface area contributed by atoms with Crippen LogP contribution in [0.15, 0.2) is 39.6 Å². The number of fused-ring (bicyclic) bond motifs is 1. The summed E-state index contributed by atoms with van der Waals surface area (Å²) >= 11 is 0. The Morgan fingerprint density at radius 1 is 1.19 bits per heavy atom. The fourth-order valence-corrected chi connectivity index (χ4v) is 3.56. The van der Waals surface area contributed by atoms with Crippen molar-refractivity contribution in [2.24, 2.45) is 4.40 Å². The van der Waals surface area contributed by atoms with Gasteiger partial charge in [0.2, 0.25) is 0 Å². The molecular weight excluding hydrogens is 387 g/mol. The smallest absolute Gasteiger partial charge is 0.286 e. The van der Waals surface area contributed by atoms with E-state index in [0.717, 1.165) is 6.07 Å². The molecule has 1 heterocycles. The number of aliphatic hydroxyl groups excluding tert-OH is 1. The zero-order chi connectivity index (χ0) is 19.9. The number of sulfonamides is 1. The second kappa shape index (κ2) is 6.67. The molecule has 0 saturated carbocycles. The van der Waals surface area contributed by atoms with E-state index in [0.29, 0.717) is 12.1 Å². The van der Waals surface area contributed by atoms with Crippen molar-refractivity contribution in [3.63, 3.8) is 0 Å². The normalized spacial score (nSPS) is 16.0. The summed E-state index contributed by atoms with van der Waals surface area (Å²) in [6.45, 7) is 1.33. The number of rotatable bonds is 3. The van der Waals surface area contributed by atoms with E-state index in [1.54, 1.807) is 0 Å². The monoisotopic (exact) mass is 399 g/mol. The Morgan fingerprint density at radius 2 is 1.81 bits per heavy atom. The van der Waals surface area contributed by atoms with Gasteiger partial charge < -0.3 is 15.7 Å². The summed E-state index contributed by atoms with van der Waals surface area (Å²) in [5.41, 5.74) is -0.374. The number of hydrogen-bond donors (Lipinski definition) is 3. The van der Waals surface area contributed by atoms with Crippen LogP contribution in [-0.2, 0) is 10.0 Å². The summed E-state index contributed by atoms with van der Waals surface area (Å²) in [6, 6.07) is 4.74. The molecule has 1 atom stereocenters. The molecule has 3 N–H and O–H groups in total. The number of anilines is 2. The molecule has 1 unspecified atom stereocenters. The average molecular weight is 399 g/mol. The van der Waals surface area contributed by atoms with Crippen LogP contribution in [0, 0.1) is 17.5 Å². The number of nitrogens with zero attached hydrogens (tertiary/aromatic N) is 1. The number of benzene rings is 2. The highest BCUT2D eigenvalue weighted by atomic mass is 32.2. The lowest BCUT2D eigenvalue weighted by Crippen LogP contribution is -2.30. The van der Waals surface area contributed by atoms with Gasteiger partial charge in [0, 0.05) is 23.4 Å². The number of halogens is 3. The van der Waals surface area contributed by atoms with Crippen LogP contribution in [-0.4, -0.2) is 31.4 Å². The highest BCUT2D eigenvalue weighted by Gasteiger charge is 2.28. The Balaban J connectivity index is 1.92. The minimum atomic E-state index is -4.17.